The first-order valence-corrected chi connectivity index (χ1v) is 9.51. The number of carbonyl (C=O) groups is 2. The van der Waals surface area contributed by atoms with Gasteiger partial charge in [-0.3, -0.25) is 4.79 Å². The molecule has 0 saturated heterocycles. The van der Waals surface area contributed by atoms with Gasteiger partial charge in [-0.2, -0.15) is 0 Å². The molecule has 0 aromatic heterocycles. The lowest BCUT2D eigenvalue weighted by atomic mass is 9.87. The summed E-state index contributed by atoms with van der Waals surface area (Å²) in [6, 6.07) is 0. The molecular weight excluding hydrogens is 348 g/mol. The number of ether oxygens (including phenoxy) is 1. The van der Waals surface area contributed by atoms with Crippen molar-refractivity contribution in [2.24, 2.45) is 0 Å². The summed E-state index contributed by atoms with van der Waals surface area (Å²) in [4.78, 5) is 22.8. The normalized spacial score (nSPS) is 25.9. The quantitative estimate of drug-likeness (QED) is 0.443. The summed E-state index contributed by atoms with van der Waals surface area (Å²) in [6.45, 7) is 5.27. The molecule has 0 aromatic carbocycles. The average molecular weight is 378 g/mol. The van der Waals surface area contributed by atoms with Gasteiger partial charge >= 0.3 is 5.97 Å². The topological polar surface area (TPSA) is 104 Å². The van der Waals surface area contributed by atoms with Crippen LogP contribution >= 0.6 is 0 Å². The molecule has 0 aromatic rings. The van der Waals surface area contributed by atoms with Gasteiger partial charge < -0.3 is 20.1 Å². The summed E-state index contributed by atoms with van der Waals surface area (Å²) in [6.07, 6.45) is 6.10. The van der Waals surface area contributed by atoms with Crippen LogP contribution in [0.3, 0.4) is 0 Å². The van der Waals surface area contributed by atoms with Crippen LogP contribution in [0.15, 0.2) is 34.6 Å². The second-order valence-electron chi connectivity index (χ2n) is 7.81. The number of rotatable bonds is 8. The number of aliphatic carboxylic acids is 1. The van der Waals surface area contributed by atoms with Crippen LogP contribution in [0.2, 0.25) is 0 Å². The summed E-state index contributed by atoms with van der Waals surface area (Å²) in [5.74, 6) is -0.540. The molecule has 0 spiro atoms. The molecule has 0 bridgehead atoms. The monoisotopic (exact) mass is 378 g/mol. The van der Waals surface area contributed by atoms with Gasteiger partial charge in [-0.25, -0.2) is 4.79 Å². The third kappa shape index (κ3) is 5.53. The fraction of sp³-hybridized carbons (Fsp3) is 0.619. The third-order valence-electron chi connectivity index (χ3n) is 5.40. The van der Waals surface area contributed by atoms with E-state index in [0.29, 0.717) is 55.4 Å². The van der Waals surface area contributed by atoms with Gasteiger partial charge in [-0.15, -0.1) is 0 Å². The van der Waals surface area contributed by atoms with Crippen LogP contribution in [0, 0.1) is 0 Å². The zero-order valence-corrected chi connectivity index (χ0v) is 16.3. The van der Waals surface area contributed by atoms with E-state index in [-0.39, 0.29) is 5.78 Å². The molecule has 1 aliphatic heterocycles. The van der Waals surface area contributed by atoms with Gasteiger partial charge in [0, 0.05) is 24.0 Å². The van der Waals surface area contributed by atoms with E-state index in [9.17, 15) is 19.8 Å². The van der Waals surface area contributed by atoms with Gasteiger partial charge in [0.15, 0.2) is 5.78 Å². The van der Waals surface area contributed by atoms with Crippen molar-refractivity contribution in [3.05, 3.63) is 34.6 Å². The lowest BCUT2D eigenvalue weighted by Gasteiger charge is -2.30. The highest BCUT2D eigenvalue weighted by atomic mass is 16.5. The zero-order chi connectivity index (χ0) is 20.2. The number of aliphatic hydroxyl groups is 2. The minimum Gasteiger partial charge on any atom is -0.488 e. The van der Waals surface area contributed by atoms with Gasteiger partial charge in [-0.1, -0.05) is 17.7 Å². The predicted octanol–water partition coefficient (Wildman–Crippen LogP) is 3.04. The fourth-order valence-electron chi connectivity index (χ4n) is 3.46. The Labute approximate surface area is 160 Å². The molecule has 1 aliphatic carbocycles. The number of aliphatic hydroxyl groups excluding tert-OH is 1. The van der Waals surface area contributed by atoms with Crippen molar-refractivity contribution in [1.82, 2.24) is 0 Å². The lowest BCUT2D eigenvalue weighted by Crippen LogP contribution is -2.39. The van der Waals surface area contributed by atoms with Gasteiger partial charge in [0.05, 0.1) is 5.60 Å². The number of carbonyl (C=O) groups excluding carboxylic acids is 1. The minimum absolute atomic E-state index is 0.00838. The lowest BCUT2D eigenvalue weighted by molar-refractivity contribution is -0.132. The number of carboxylic acid groups (broad SMARTS) is 1. The largest absolute Gasteiger partial charge is 0.488 e. The Morgan fingerprint density at radius 3 is 2.63 bits per heavy atom. The Balaban J connectivity index is 1.84. The molecule has 1 heterocycles. The molecule has 2 rings (SSSR count). The van der Waals surface area contributed by atoms with Crippen molar-refractivity contribution in [3.63, 3.8) is 0 Å². The Hall–Kier alpha value is -1.92. The standard InChI is InChI=1S/C21H30O6/c1-13(6-4-8-14(2)20(24)25)7-5-11-21(3,26)18-12-15-16(22)9-10-17(23)19(15)27-18/h7-8,17-18,23,26H,4-6,9-12H2,1-3H3,(H,24,25)/t17-,18+,21+/m1/s1. The molecule has 0 fully saturated rings. The van der Waals surface area contributed by atoms with Crippen molar-refractivity contribution in [3.8, 4) is 0 Å². The minimum atomic E-state index is -1.10. The number of hydrogen-bond acceptors (Lipinski definition) is 5. The van der Waals surface area contributed by atoms with E-state index in [1.54, 1.807) is 19.9 Å². The van der Waals surface area contributed by atoms with Crippen LogP contribution in [0.4, 0.5) is 0 Å². The fourth-order valence-corrected chi connectivity index (χ4v) is 3.46. The van der Waals surface area contributed by atoms with Crippen molar-refractivity contribution in [2.75, 3.05) is 0 Å². The summed E-state index contributed by atoms with van der Waals surface area (Å²) < 4.78 is 5.76. The number of allylic oxidation sites excluding steroid dienone is 3. The first-order chi connectivity index (χ1) is 12.6. The van der Waals surface area contributed by atoms with Gasteiger partial charge in [0.1, 0.15) is 18.0 Å². The van der Waals surface area contributed by atoms with Crippen LogP contribution in [-0.2, 0) is 14.3 Å². The Morgan fingerprint density at radius 1 is 1.30 bits per heavy atom. The Kier molecular flexibility index (Phi) is 7.00. The van der Waals surface area contributed by atoms with E-state index in [2.05, 4.69) is 0 Å². The number of carboxylic acids is 1. The molecule has 27 heavy (non-hydrogen) atoms. The third-order valence-corrected chi connectivity index (χ3v) is 5.40. The molecule has 0 amide bonds. The highest BCUT2D eigenvalue weighted by Gasteiger charge is 2.44. The molecule has 3 atom stereocenters. The Bertz CT molecular complexity index is 683. The van der Waals surface area contributed by atoms with Crippen LogP contribution in [0.1, 0.15) is 65.7 Å². The molecule has 0 saturated carbocycles. The van der Waals surface area contributed by atoms with Gasteiger partial charge in [-0.05, 0) is 52.9 Å². The van der Waals surface area contributed by atoms with Crippen LogP contribution < -0.4 is 0 Å². The van der Waals surface area contributed by atoms with Crippen molar-refractivity contribution in [1.29, 1.82) is 0 Å². The second kappa shape index (κ2) is 8.85. The Morgan fingerprint density at radius 2 is 2.00 bits per heavy atom. The summed E-state index contributed by atoms with van der Waals surface area (Å²) in [5, 5.41) is 29.7. The maximum absolute atomic E-state index is 12.0. The van der Waals surface area contributed by atoms with E-state index >= 15 is 0 Å². The summed E-state index contributed by atoms with van der Waals surface area (Å²) >= 11 is 0. The highest BCUT2D eigenvalue weighted by Crippen LogP contribution is 2.39. The molecular formula is C21H30O6. The van der Waals surface area contributed by atoms with E-state index in [4.69, 9.17) is 9.84 Å². The average Bonchev–Trinajstić information content (AvgIpc) is 3.05. The van der Waals surface area contributed by atoms with Crippen LogP contribution in [0.5, 0.6) is 0 Å². The van der Waals surface area contributed by atoms with Crippen molar-refractivity contribution in [2.45, 2.75) is 83.5 Å². The second-order valence-corrected chi connectivity index (χ2v) is 7.81. The van der Waals surface area contributed by atoms with Crippen LogP contribution in [0.25, 0.3) is 0 Å². The highest BCUT2D eigenvalue weighted by molar-refractivity contribution is 5.97. The van der Waals surface area contributed by atoms with E-state index in [1.807, 2.05) is 13.0 Å². The molecule has 6 nitrogen and oxygen atoms in total. The number of ketones is 1. The molecule has 3 N–H and O–H groups in total. The number of Topliss-reactive ketones (excluding diaryl/α,β-unsaturated/α-hetero) is 1. The van der Waals surface area contributed by atoms with Crippen molar-refractivity contribution < 1.29 is 29.6 Å². The summed E-state index contributed by atoms with van der Waals surface area (Å²) in [7, 11) is 0. The molecule has 150 valence electrons. The first kappa shape index (κ1) is 21.4. The maximum atomic E-state index is 12.0. The maximum Gasteiger partial charge on any atom is 0.330 e. The van der Waals surface area contributed by atoms with Gasteiger partial charge in [0.2, 0.25) is 0 Å². The number of hydrogen-bond donors (Lipinski definition) is 3. The van der Waals surface area contributed by atoms with Gasteiger partial charge in [0.25, 0.3) is 0 Å². The molecule has 0 radical (unpaired) electrons. The SMILES string of the molecule is CC(=CCC[C@](C)(O)[C@@H]1CC2=C(O1)[C@H](O)CCC2=O)CCC=C(C)C(=O)O. The molecule has 0 unspecified atom stereocenters. The smallest absolute Gasteiger partial charge is 0.330 e. The van der Waals surface area contributed by atoms with E-state index < -0.39 is 23.8 Å². The zero-order valence-electron chi connectivity index (χ0n) is 16.3. The van der Waals surface area contributed by atoms with Crippen LogP contribution in [-0.4, -0.2) is 44.9 Å². The van der Waals surface area contributed by atoms with Crippen molar-refractivity contribution >= 4 is 11.8 Å². The van der Waals surface area contributed by atoms with E-state index in [1.165, 1.54) is 0 Å². The molecule has 6 heteroatoms. The first-order valence-electron chi connectivity index (χ1n) is 9.51. The summed E-state index contributed by atoms with van der Waals surface area (Å²) in [5.41, 5.74) is 0.910. The predicted molar refractivity (Wildman–Crippen MR) is 101 cm³/mol. The van der Waals surface area contributed by atoms with E-state index in [0.717, 1.165) is 12.0 Å². The molecule has 2 aliphatic rings.